The van der Waals surface area contributed by atoms with E-state index in [4.69, 9.17) is 5.41 Å². The standard InChI is InChI=1S/C17H19N3O/c1-11(2)10-20-15(16(18)19-17(20)21)14-8-7-12-5-3-4-6-13(12)9-14/h3-9,11,15H,10H2,1-2H3,(H2,18,19,21). The van der Waals surface area contributed by atoms with Crippen LogP contribution < -0.4 is 5.32 Å². The number of carbonyl (C=O) groups excluding carboxylic acids is 1. The second-order valence-corrected chi connectivity index (χ2v) is 5.90. The molecule has 1 fully saturated rings. The summed E-state index contributed by atoms with van der Waals surface area (Å²) in [6, 6.07) is 13.8. The van der Waals surface area contributed by atoms with Crippen LogP contribution in [0.2, 0.25) is 0 Å². The zero-order valence-electron chi connectivity index (χ0n) is 12.3. The molecule has 2 N–H and O–H groups in total. The van der Waals surface area contributed by atoms with Gasteiger partial charge < -0.3 is 4.90 Å². The van der Waals surface area contributed by atoms with Crippen LogP contribution in [0.4, 0.5) is 4.79 Å². The molecule has 4 heteroatoms. The van der Waals surface area contributed by atoms with Crippen molar-refractivity contribution < 1.29 is 4.79 Å². The summed E-state index contributed by atoms with van der Waals surface area (Å²) in [6.45, 7) is 4.80. The van der Waals surface area contributed by atoms with E-state index >= 15 is 0 Å². The molecule has 2 aromatic rings. The SMILES string of the molecule is CC(C)CN1C(=O)NC(=N)C1c1ccc2ccccc2c1. The van der Waals surface area contributed by atoms with Gasteiger partial charge in [-0.25, -0.2) is 4.79 Å². The number of rotatable bonds is 3. The number of benzene rings is 2. The fourth-order valence-corrected chi connectivity index (χ4v) is 2.83. The maximum atomic E-state index is 12.0. The summed E-state index contributed by atoms with van der Waals surface area (Å²) < 4.78 is 0. The highest BCUT2D eigenvalue weighted by atomic mass is 16.2. The van der Waals surface area contributed by atoms with Gasteiger partial charge in [-0.3, -0.25) is 10.7 Å². The Bertz CT molecular complexity index is 708. The Kier molecular flexibility index (Phi) is 3.37. The monoisotopic (exact) mass is 281 g/mol. The molecule has 0 radical (unpaired) electrons. The van der Waals surface area contributed by atoms with Crippen LogP contribution in [0.15, 0.2) is 42.5 Å². The van der Waals surface area contributed by atoms with E-state index < -0.39 is 0 Å². The summed E-state index contributed by atoms with van der Waals surface area (Å²) in [5.41, 5.74) is 0.984. The largest absolute Gasteiger partial charge is 0.323 e. The highest BCUT2D eigenvalue weighted by Crippen LogP contribution is 2.29. The van der Waals surface area contributed by atoms with E-state index in [1.807, 2.05) is 24.3 Å². The molecule has 2 aromatic carbocycles. The first-order chi connectivity index (χ1) is 10.1. The van der Waals surface area contributed by atoms with Crippen molar-refractivity contribution in [2.45, 2.75) is 19.9 Å². The van der Waals surface area contributed by atoms with Crippen LogP contribution in [-0.2, 0) is 0 Å². The number of hydrogen-bond acceptors (Lipinski definition) is 2. The second-order valence-electron chi connectivity index (χ2n) is 5.90. The fourth-order valence-electron chi connectivity index (χ4n) is 2.83. The lowest BCUT2D eigenvalue weighted by Gasteiger charge is -2.25. The number of nitrogens with zero attached hydrogens (tertiary/aromatic N) is 1. The van der Waals surface area contributed by atoms with Gasteiger partial charge in [-0.2, -0.15) is 0 Å². The van der Waals surface area contributed by atoms with E-state index in [2.05, 4.69) is 37.4 Å². The van der Waals surface area contributed by atoms with E-state index in [1.54, 1.807) is 4.90 Å². The highest BCUT2D eigenvalue weighted by molar-refractivity contribution is 6.06. The molecule has 0 aromatic heterocycles. The number of urea groups is 1. The van der Waals surface area contributed by atoms with E-state index in [0.717, 1.165) is 10.9 Å². The van der Waals surface area contributed by atoms with Gasteiger partial charge in [0.25, 0.3) is 0 Å². The van der Waals surface area contributed by atoms with Crippen LogP contribution in [0.5, 0.6) is 0 Å². The molecule has 0 spiro atoms. The number of fused-ring (bicyclic) bond motifs is 1. The molecule has 0 saturated carbocycles. The average Bonchev–Trinajstić information content (AvgIpc) is 2.72. The minimum absolute atomic E-state index is 0.174. The Labute approximate surface area is 124 Å². The first-order valence-corrected chi connectivity index (χ1v) is 7.21. The predicted octanol–water partition coefficient (Wildman–Crippen LogP) is 3.54. The zero-order chi connectivity index (χ0) is 15.0. The van der Waals surface area contributed by atoms with Crippen LogP contribution in [0, 0.1) is 11.3 Å². The molecule has 1 unspecified atom stereocenters. The Balaban J connectivity index is 2.02. The Hall–Kier alpha value is -2.36. The first kappa shape index (κ1) is 13.6. The molecule has 1 atom stereocenters. The lowest BCUT2D eigenvalue weighted by Crippen LogP contribution is -2.33. The third kappa shape index (κ3) is 2.49. The molecule has 0 bridgehead atoms. The van der Waals surface area contributed by atoms with Crippen molar-refractivity contribution in [2.75, 3.05) is 6.54 Å². The molecule has 108 valence electrons. The lowest BCUT2D eigenvalue weighted by atomic mass is 10.0. The second kappa shape index (κ2) is 5.20. The molecule has 1 aliphatic heterocycles. The van der Waals surface area contributed by atoms with Crippen molar-refractivity contribution in [1.82, 2.24) is 10.2 Å². The summed E-state index contributed by atoms with van der Waals surface area (Å²) in [5.74, 6) is 0.625. The molecule has 21 heavy (non-hydrogen) atoms. The van der Waals surface area contributed by atoms with Crippen LogP contribution in [0.1, 0.15) is 25.5 Å². The Morgan fingerprint density at radius 2 is 1.90 bits per heavy atom. The Morgan fingerprint density at radius 3 is 2.62 bits per heavy atom. The molecular weight excluding hydrogens is 262 g/mol. The highest BCUT2D eigenvalue weighted by Gasteiger charge is 2.36. The third-order valence-electron chi connectivity index (χ3n) is 3.74. The number of hydrogen-bond donors (Lipinski definition) is 2. The van der Waals surface area contributed by atoms with Gasteiger partial charge in [-0.05, 0) is 28.3 Å². The molecule has 3 rings (SSSR count). The molecular formula is C17H19N3O. The summed E-state index contributed by atoms with van der Waals surface area (Å²) in [4.78, 5) is 13.8. The van der Waals surface area contributed by atoms with Gasteiger partial charge in [0.05, 0.1) is 0 Å². The van der Waals surface area contributed by atoms with Gasteiger partial charge in [0, 0.05) is 6.54 Å². The number of carbonyl (C=O) groups is 1. The van der Waals surface area contributed by atoms with Gasteiger partial charge in [0.1, 0.15) is 11.9 Å². The summed E-state index contributed by atoms with van der Waals surface area (Å²) in [6.07, 6.45) is 0. The van der Waals surface area contributed by atoms with Crippen molar-refractivity contribution in [2.24, 2.45) is 5.92 Å². The predicted molar refractivity (Wildman–Crippen MR) is 84.5 cm³/mol. The zero-order valence-corrected chi connectivity index (χ0v) is 12.3. The normalized spacial score (nSPS) is 18.6. The number of amidine groups is 1. The molecule has 1 heterocycles. The minimum atomic E-state index is -0.301. The van der Waals surface area contributed by atoms with Crippen LogP contribution in [0.25, 0.3) is 10.8 Å². The van der Waals surface area contributed by atoms with Crippen LogP contribution in [0.3, 0.4) is 0 Å². The average molecular weight is 281 g/mol. The first-order valence-electron chi connectivity index (χ1n) is 7.21. The van der Waals surface area contributed by atoms with E-state index in [-0.39, 0.29) is 17.9 Å². The van der Waals surface area contributed by atoms with Gasteiger partial charge in [0.15, 0.2) is 0 Å². The van der Waals surface area contributed by atoms with Crippen LogP contribution >= 0.6 is 0 Å². The summed E-state index contributed by atoms with van der Waals surface area (Å²) in [7, 11) is 0. The molecule has 1 aliphatic rings. The van der Waals surface area contributed by atoms with Crippen molar-refractivity contribution in [3.8, 4) is 0 Å². The maximum absolute atomic E-state index is 12.0. The smallest absolute Gasteiger partial charge is 0.310 e. The van der Waals surface area contributed by atoms with Crippen molar-refractivity contribution in [3.63, 3.8) is 0 Å². The lowest BCUT2D eigenvalue weighted by molar-refractivity contribution is 0.198. The van der Waals surface area contributed by atoms with Gasteiger partial charge in [-0.15, -0.1) is 0 Å². The van der Waals surface area contributed by atoms with Crippen molar-refractivity contribution in [3.05, 3.63) is 48.0 Å². The molecule has 2 amide bonds. The van der Waals surface area contributed by atoms with Crippen LogP contribution in [-0.4, -0.2) is 23.3 Å². The van der Waals surface area contributed by atoms with Gasteiger partial charge in [-0.1, -0.05) is 50.2 Å². The summed E-state index contributed by atoms with van der Waals surface area (Å²) in [5, 5.41) is 13.0. The van der Waals surface area contributed by atoms with Crippen molar-refractivity contribution >= 4 is 22.6 Å². The van der Waals surface area contributed by atoms with Gasteiger partial charge >= 0.3 is 6.03 Å². The number of amides is 2. The molecule has 0 aliphatic carbocycles. The van der Waals surface area contributed by atoms with E-state index in [1.165, 1.54) is 5.39 Å². The fraction of sp³-hybridized carbons (Fsp3) is 0.294. The summed E-state index contributed by atoms with van der Waals surface area (Å²) >= 11 is 0. The number of nitrogens with one attached hydrogen (secondary N) is 2. The molecule has 4 nitrogen and oxygen atoms in total. The van der Waals surface area contributed by atoms with Gasteiger partial charge in [0.2, 0.25) is 0 Å². The molecule has 1 saturated heterocycles. The topological polar surface area (TPSA) is 56.2 Å². The van der Waals surface area contributed by atoms with E-state index in [9.17, 15) is 4.79 Å². The maximum Gasteiger partial charge on any atom is 0.323 e. The van der Waals surface area contributed by atoms with Crippen molar-refractivity contribution in [1.29, 1.82) is 5.41 Å². The minimum Gasteiger partial charge on any atom is -0.310 e. The Morgan fingerprint density at radius 1 is 1.19 bits per heavy atom. The van der Waals surface area contributed by atoms with E-state index in [0.29, 0.717) is 12.5 Å². The quantitative estimate of drug-likeness (QED) is 0.888. The third-order valence-corrected chi connectivity index (χ3v) is 3.74.